The first-order valence-electron chi connectivity index (χ1n) is 7.28. The number of benzene rings is 1. The van der Waals surface area contributed by atoms with Crippen molar-refractivity contribution in [2.45, 2.75) is 32.3 Å². The van der Waals surface area contributed by atoms with Crippen molar-refractivity contribution in [2.75, 3.05) is 19.7 Å². The van der Waals surface area contributed by atoms with E-state index in [9.17, 15) is 4.79 Å². The van der Waals surface area contributed by atoms with Gasteiger partial charge >= 0.3 is 5.97 Å². The minimum absolute atomic E-state index is 0.0595. The fourth-order valence-corrected chi connectivity index (χ4v) is 2.86. The Morgan fingerprint density at radius 3 is 2.52 bits per heavy atom. The van der Waals surface area contributed by atoms with Gasteiger partial charge in [-0.25, -0.2) is 4.79 Å². The Bertz CT molecular complexity index is 467. The molecule has 1 aliphatic heterocycles. The molecule has 4 nitrogen and oxygen atoms in total. The van der Waals surface area contributed by atoms with E-state index in [0.717, 1.165) is 30.4 Å². The zero-order valence-electron chi connectivity index (χ0n) is 12.5. The second-order valence-corrected chi connectivity index (χ2v) is 6.76. The van der Waals surface area contributed by atoms with Gasteiger partial charge < -0.3 is 14.8 Å². The highest BCUT2D eigenvalue weighted by Gasteiger charge is 2.34. The largest absolute Gasteiger partial charge is 0.482 e. The highest BCUT2D eigenvalue weighted by molar-refractivity contribution is 9.10. The van der Waals surface area contributed by atoms with Crippen LogP contribution in [0.15, 0.2) is 28.7 Å². The summed E-state index contributed by atoms with van der Waals surface area (Å²) in [5.74, 6) is 0.742. The van der Waals surface area contributed by atoms with Gasteiger partial charge in [0.25, 0.3) is 0 Å². The molecule has 0 spiro atoms. The molecule has 0 saturated carbocycles. The third-order valence-corrected chi connectivity index (χ3v) is 4.40. The molecule has 0 aliphatic carbocycles. The highest BCUT2D eigenvalue weighted by atomic mass is 79.9. The molecule has 0 radical (unpaired) electrons. The zero-order chi connectivity index (χ0) is 15.3. The molecule has 1 heterocycles. The Kier molecular flexibility index (Phi) is 5.65. The lowest BCUT2D eigenvalue weighted by Crippen LogP contribution is -2.43. The van der Waals surface area contributed by atoms with Gasteiger partial charge in [0.05, 0.1) is 0 Å². The van der Waals surface area contributed by atoms with Gasteiger partial charge in [-0.3, -0.25) is 0 Å². The summed E-state index contributed by atoms with van der Waals surface area (Å²) in [4.78, 5) is 12.0. The van der Waals surface area contributed by atoms with Crippen LogP contribution in [-0.2, 0) is 9.53 Å². The van der Waals surface area contributed by atoms with E-state index >= 15 is 0 Å². The van der Waals surface area contributed by atoms with Crippen molar-refractivity contribution in [3.63, 3.8) is 0 Å². The molecule has 21 heavy (non-hydrogen) atoms. The molecule has 5 heteroatoms. The molecule has 1 aromatic rings. The van der Waals surface area contributed by atoms with Crippen LogP contribution in [0.3, 0.4) is 0 Å². The second kappa shape index (κ2) is 7.27. The van der Waals surface area contributed by atoms with Crippen molar-refractivity contribution < 1.29 is 14.3 Å². The summed E-state index contributed by atoms with van der Waals surface area (Å²) in [5, 5.41) is 3.32. The smallest absolute Gasteiger partial charge is 0.344 e. The Morgan fingerprint density at radius 2 is 1.90 bits per heavy atom. The van der Waals surface area contributed by atoms with Crippen LogP contribution < -0.4 is 10.1 Å². The van der Waals surface area contributed by atoms with Crippen molar-refractivity contribution in [3.05, 3.63) is 28.7 Å². The molecule has 1 saturated heterocycles. The standard InChI is InChI=1S/C16H22BrNO3/c1-16(2,12-7-9-18-10-8-12)21-15(19)11-20-14-5-3-13(17)4-6-14/h3-6,12,18H,7-11H2,1-2H3. The molecule has 0 bridgehead atoms. The van der Waals surface area contributed by atoms with Crippen LogP contribution in [0.4, 0.5) is 0 Å². The summed E-state index contributed by atoms with van der Waals surface area (Å²) in [6.45, 7) is 5.89. The topological polar surface area (TPSA) is 47.6 Å². The van der Waals surface area contributed by atoms with Crippen molar-refractivity contribution in [1.82, 2.24) is 5.32 Å². The number of piperidine rings is 1. The van der Waals surface area contributed by atoms with Crippen molar-refractivity contribution in [1.29, 1.82) is 0 Å². The van der Waals surface area contributed by atoms with Gasteiger partial charge in [0.1, 0.15) is 11.4 Å². The normalized spacial score (nSPS) is 16.5. The zero-order valence-corrected chi connectivity index (χ0v) is 14.1. The Hall–Kier alpha value is -1.07. The average molecular weight is 356 g/mol. The first-order valence-corrected chi connectivity index (χ1v) is 8.07. The molecule has 116 valence electrons. The quantitative estimate of drug-likeness (QED) is 0.824. The van der Waals surface area contributed by atoms with Gasteiger partial charge in [-0.05, 0) is 64.0 Å². The number of carbonyl (C=O) groups excluding carboxylic acids is 1. The molecular weight excluding hydrogens is 334 g/mol. The number of carbonyl (C=O) groups is 1. The molecule has 0 amide bonds. The molecular formula is C16H22BrNO3. The maximum absolute atomic E-state index is 12.0. The van der Waals surface area contributed by atoms with E-state index in [1.807, 2.05) is 38.1 Å². The van der Waals surface area contributed by atoms with Crippen LogP contribution in [0.1, 0.15) is 26.7 Å². The summed E-state index contributed by atoms with van der Waals surface area (Å²) in [6.07, 6.45) is 2.07. The van der Waals surface area contributed by atoms with Gasteiger partial charge in [-0.2, -0.15) is 0 Å². The maximum Gasteiger partial charge on any atom is 0.344 e. The van der Waals surface area contributed by atoms with Crippen molar-refractivity contribution in [3.8, 4) is 5.75 Å². The summed E-state index contributed by atoms with van der Waals surface area (Å²) in [7, 11) is 0. The van der Waals surface area contributed by atoms with E-state index in [1.165, 1.54) is 0 Å². The third-order valence-electron chi connectivity index (χ3n) is 3.87. The number of nitrogens with one attached hydrogen (secondary N) is 1. The molecule has 1 N–H and O–H groups in total. The van der Waals surface area contributed by atoms with Gasteiger partial charge in [0.15, 0.2) is 6.61 Å². The molecule has 1 aromatic carbocycles. The van der Waals surface area contributed by atoms with Gasteiger partial charge in [0.2, 0.25) is 0 Å². The highest BCUT2D eigenvalue weighted by Crippen LogP contribution is 2.29. The molecule has 0 atom stereocenters. The Morgan fingerprint density at radius 1 is 1.29 bits per heavy atom. The van der Waals surface area contributed by atoms with Crippen LogP contribution in [0, 0.1) is 5.92 Å². The lowest BCUT2D eigenvalue weighted by molar-refractivity contribution is -0.165. The summed E-state index contributed by atoms with van der Waals surface area (Å²) < 4.78 is 12.0. The average Bonchev–Trinajstić information content (AvgIpc) is 2.47. The van der Waals surface area contributed by atoms with E-state index < -0.39 is 5.60 Å². The molecule has 1 aliphatic rings. The SMILES string of the molecule is CC(C)(OC(=O)COc1ccc(Br)cc1)C1CCNCC1. The number of ether oxygens (including phenoxy) is 2. The van der Waals surface area contributed by atoms with Crippen LogP contribution >= 0.6 is 15.9 Å². The summed E-state index contributed by atoms with van der Waals surface area (Å²) in [6, 6.07) is 7.38. The lowest BCUT2D eigenvalue weighted by atomic mass is 9.83. The second-order valence-electron chi connectivity index (χ2n) is 5.84. The number of hydrogen-bond donors (Lipinski definition) is 1. The number of hydrogen-bond acceptors (Lipinski definition) is 4. The number of rotatable bonds is 5. The number of halogens is 1. The maximum atomic E-state index is 12.0. The van der Waals surface area contributed by atoms with Gasteiger partial charge in [-0.15, -0.1) is 0 Å². The minimum Gasteiger partial charge on any atom is -0.482 e. The van der Waals surface area contributed by atoms with Crippen LogP contribution in [0.5, 0.6) is 5.75 Å². The third kappa shape index (κ3) is 5.00. The van der Waals surface area contributed by atoms with Crippen molar-refractivity contribution in [2.24, 2.45) is 5.92 Å². The van der Waals surface area contributed by atoms with Crippen LogP contribution in [0.25, 0.3) is 0 Å². The fraction of sp³-hybridized carbons (Fsp3) is 0.562. The monoisotopic (exact) mass is 355 g/mol. The van der Waals surface area contributed by atoms with E-state index in [4.69, 9.17) is 9.47 Å². The first-order chi connectivity index (χ1) is 9.97. The summed E-state index contributed by atoms with van der Waals surface area (Å²) >= 11 is 3.36. The van der Waals surface area contributed by atoms with E-state index in [1.54, 1.807) is 0 Å². The molecule has 1 fully saturated rings. The van der Waals surface area contributed by atoms with E-state index in [-0.39, 0.29) is 12.6 Å². The summed E-state index contributed by atoms with van der Waals surface area (Å²) in [5.41, 5.74) is -0.442. The van der Waals surface area contributed by atoms with E-state index in [2.05, 4.69) is 21.2 Å². The molecule has 0 aromatic heterocycles. The Labute approximate surface area is 134 Å². The predicted molar refractivity (Wildman–Crippen MR) is 85.4 cm³/mol. The van der Waals surface area contributed by atoms with Crippen molar-refractivity contribution >= 4 is 21.9 Å². The Balaban J connectivity index is 1.81. The minimum atomic E-state index is -0.442. The number of esters is 1. The van der Waals surface area contributed by atoms with Gasteiger partial charge in [0, 0.05) is 10.4 Å². The first kappa shape index (κ1) is 16.3. The van der Waals surface area contributed by atoms with Gasteiger partial charge in [-0.1, -0.05) is 15.9 Å². The van der Waals surface area contributed by atoms with E-state index in [0.29, 0.717) is 11.7 Å². The lowest BCUT2D eigenvalue weighted by Gasteiger charge is -2.36. The fourth-order valence-electron chi connectivity index (χ4n) is 2.60. The predicted octanol–water partition coefficient (Wildman–Crippen LogP) is 3.15. The molecule has 0 unspecified atom stereocenters. The van der Waals surface area contributed by atoms with Crippen LogP contribution in [0.2, 0.25) is 0 Å². The van der Waals surface area contributed by atoms with Crippen LogP contribution in [-0.4, -0.2) is 31.3 Å². The molecule has 2 rings (SSSR count).